The van der Waals surface area contributed by atoms with Gasteiger partial charge in [-0.1, -0.05) is 12.1 Å². The van der Waals surface area contributed by atoms with Crippen molar-refractivity contribution in [2.45, 2.75) is 24.7 Å². The van der Waals surface area contributed by atoms with E-state index in [0.29, 0.717) is 23.8 Å². The van der Waals surface area contributed by atoms with Gasteiger partial charge in [-0.05, 0) is 56.2 Å². The van der Waals surface area contributed by atoms with Crippen LogP contribution in [0.4, 0.5) is 10.1 Å². The topological polar surface area (TPSA) is 106 Å². The highest BCUT2D eigenvalue weighted by Gasteiger charge is 2.34. The monoisotopic (exact) mass is 474 g/mol. The number of sulfonamides is 1. The fourth-order valence-electron chi connectivity index (χ4n) is 3.87. The molecule has 1 saturated heterocycles. The first-order valence-corrected chi connectivity index (χ1v) is 12.0. The minimum Gasteiger partial charge on any atom is -0.460 e. The van der Waals surface area contributed by atoms with E-state index >= 15 is 0 Å². The molecule has 1 aliphatic heterocycles. The van der Waals surface area contributed by atoms with Gasteiger partial charge in [-0.25, -0.2) is 17.6 Å². The highest BCUT2D eigenvalue weighted by Crippen LogP contribution is 2.33. The summed E-state index contributed by atoms with van der Waals surface area (Å²) in [6, 6.07) is 11.5. The fraction of sp³-hybridized carbons (Fsp3) is 0.304. The molecule has 1 N–H and O–H groups in total. The lowest BCUT2D eigenvalue weighted by Crippen LogP contribution is -2.43. The molecule has 2 aromatic carbocycles. The number of carbonyl (C=O) groups excluding carboxylic acids is 2. The largest absolute Gasteiger partial charge is 0.460 e. The normalized spacial score (nSPS) is 17.1. The van der Waals surface area contributed by atoms with Crippen LogP contribution < -0.4 is 5.32 Å². The number of rotatable bonds is 6. The van der Waals surface area contributed by atoms with E-state index in [1.165, 1.54) is 16.4 Å². The molecule has 2 heterocycles. The molecule has 1 unspecified atom stereocenters. The molecule has 1 amide bonds. The molecule has 4 rings (SSSR count). The van der Waals surface area contributed by atoms with Crippen molar-refractivity contribution in [2.24, 2.45) is 5.92 Å². The first-order valence-electron chi connectivity index (χ1n) is 10.6. The maximum absolute atomic E-state index is 13.2. The highest BCUT2D eigenvalue weighted by molar-refractivity contribution is 7.89. The van der Waals surface area contributed by atoms with Gasteiger partial charge in [0.2, 0.25) is 21.7 Å². The molecule has 8 nitrogen and oxygen atoms in total. The number of furan rings is 1. The van der Waals surface area contributed by atoms with Gasteiger partial charge in [-0.3, -0.25) is 4.79 Å². The minimum absolute atomic E-state index is 0.0317. The molecule has 1 atom stereocenters. The number of amides is 1. The highest BCUT2D eigenvalue weighted by atomic mass is 32.2. The maximum Gasteiger partial charge on any atom is 0.376 e. The molecule has 0 radical (unpaired) electrons. The number of anilines is 1. The summed E-state index contributed by atoms with van der Waals surface area (Å²) < 4.78 is 51.0. The van der Waals surface area contributed by atoms with Crippen LogP contribution >= 0.6 is 0 Å². The van der Waals surface area contributed by atoms with Crippen molar-refractivity contribution in [1.29, 1.82) is 0 Å². The van der Waals surface area contributed by atoms with Gasteiger partial charge in [0.1, 0.15) is 17.1 Å². The first kappa shape index (κ1) is 22.9. The van der Waals surface area contributed by atoms with E-state index < -0.39 is 33.6 Å². The first-order chi connectivity index (χ1) is 15.8. The number of carbonyl (C=O) groups is 2. The smallest absolute Gasteiger partial charge is 0.376 e. The predicted molar refractivity (Wildman–Crippen MR) is 119 cm³/mol. The Morgan fingerprint density at radius 1 is 1.18 bits per heavy atom. The number of ether oxygens (including phenoxy) is 1. The summed E-state index contributed by atoms with van der Waals surface area (Å²) in [6.45, 7) is 2.03. The standard InChI is InChI=1S/C23H23FN2O6S/c1-2-31-23(28)21-20(18-7-3-4-8-19(18)32-21)25-22(27)15-6-5-13-26(14-15)33(29,30)17-11-9-16(24)10-12-17/h3-4,7-12,15H,2,5-6,13-14H2,1H3,(H,25,27). The minimum atomic E-state index is -3.88. The fourth-order valence-corrected chi connectivity index (χ4v) is 5.39. The van der Waals surface area contributed by atoms with Gasteiger partial charge >= 0.3 is 5.97 Å². The van der Waals surface area contributed by atoms with E-state index in [1.807, 2.05) is 0 Å². The van der Waals surface area contributed by atoms with Crippen molar-refractivity contribution in [1.82, 2.24) is 4.31 Å². The van der Waals surface area contributed by atoms with Crippen LogP contribution in [0.15, 0.2) is 57.8 Å². The second-order valence-electron chi connectivity index (χ2n) is 7.67. The van der Waals surface area contributed by atoms with Gasteiger partial charge in [0.25, 0.3) is 0 Å². The van der Waals surface area contributed by atoms with Gasteiger partial charge in [0.05, 0.1) is 17.4 Å². The molecular weight excluding hydrogens is 451 g/mol. The van der Waals surface area contributed by atoms with Crippen molar-refractivity contribution in [3.8, 4) is 0 Å². The average Bonchev–Trinajstić information content (AvgIpc) is 3.18. The van der Waals surface area contributed by atoms with E-state index in [0.717, 1.165) is 12.1 Å². The lowest BCUT2D eigenvalue weighted by molar-refractivity contribution is -0.120. The van der Waals surface area contributed by atoms with E-state index in [9.17, 15) is 22.4 Å². The molecule has 0 saturated carbocycles. The van der Waals surface area contributed by atoms with Crippen molar-refractivity contribution >= 4 is 38.6 Å². The number of piperidine rings is 1. The Morgan fingerprint density at radius 3 is 2.64 bits per heavy atom. The van der Waals surface area contributed by atoms with E-state index in [1.54, 1.807) is 31.2 Å². The number of nitrogens with one attached hydrogen (secondary N) is 1. The second kappa shape index (κ2) is 9.32. The summed E-state index contributed by atoms with van der Waals surface area (Å²) in [5, 5.41) is 3.30. The number of esters is 1. The molecule has 0 aliphatic carbocycles. The van der Waals surface area contributed by atoms with Crippen LogP contribution in [-0.2, 0) is 19.6 Å². The predicted octanol–water partition coefficient (Wildman–Crippen LogP) is 3.79. The van der Waals surface area contributed by atoms with Crippen LogP contribution in [0.2, 0.25) is 0 Å². The van der Waals surface area contributed by atoms with Crippen LogP contribution in [0, 0.1) is 11.7 Å². The summed E-state index contributed by atoms with van der Waals surface area (Å²) in [4.78, 5) is 25.5. The zero-order valence-electron chi connectivity index (χ0n) is 17.9. The number of hydrogen-bond acceptors (Lipinski definition) is 6. The van der Waals surface area contributed by atoms with E-state index in [-0.39, 0.29) is 36.0 Å². The maximum atomic E-state index is 13.2. The Labute approximate surface area is 190 Å². The third kappa shape index (κ3) is 4.62. The van der Waals surface area contributed by atoms with E-state index in [2.05, 4.69) is 5.32 Å². The second-order valence-corrected chi connectivity index (χ2v) is 9.61. The Balaban J connectivity index is 1.57. The van der Waals surface area contributed by atoms with Crippen LogP contribution in [-0.4, -0.2) is 44.3 Å². The summed E-state index contributed by atoms with van der Waals surface area (Å²) in [6.07, 6.45) is 0.959. The van der Waals surface area contributed by atoms with Gasteiger partial charge < -0.3 is 14.5 Å². The van der Waals surface area contributed by atoms with Gasteiger partial charge in [0.15, 0.2) is 0 Å². The SMILES string of the molecule is CCOC(=O)c1oc2ccccc2c1NC(=O)C1CCCN(S(=O)(=O)c2ccc(F)cc2)C1. The van der Waals surface area contributed by atoms with Gasteiger partial charge in [0, 0.05) is 18.5 Å². The third-order valence-electron chi connectivity index (χ3n) is 5.51. The van der Waals surface area contributed by atoms with Crippen LogP contribution in [0.1, 0.15) is 30.3 Å². The number of fused-ring (bicyclic) bond motifs is 1. The lowest BCUT2D eigenvalue weighted by Gasteiger charge is -2.31. The van der Waals surface area contributed by atoms with Crippen molar-refractivity contribution in [3.63, 3.8) is 0 Å². The summed E-state index contributed by atoms with van der Waals surface area (Å²) >= 11 is 0. The molecule has 174 valence electrons. The summed E-state index contributed by atoms with van der Waals surface area (Å²) in [7, 11) is -3.88. The Morgan fingerprint density at radius 2 is 1.91 bits per heavy atom. The van der Waals surface area contributed by atoms with Crippen molar-refractivity contribution in [3.05, 3.63) is 60.1 Å². The quantitative estimate of drug-likeness (QED) is 0.545. The van der Waals surface area contributed by atoms with Crippen LogP contribution in [0.3, 0.4) is 0 Å². The molecule has 10 heteroatoms. The molecule has 0 bridgehead atoms. The molecule has 1 aliphatic rings. The van der Waals surface area contributed by atoms with E-state index in [4.69, 9.17) is 9.15 Å². The Hall–Kier alpha value is -3.24. The Kier molecular flexibility index (Phi) is 6.48. The number of hydrogen-bond donors (Lipinski definition) is 1. The van der Waals surface area contributed by atoms with Crippen molar-refractivity contribution in [2.75, 3.05) is 25.0 Å². The third-order valence-corrected chi connectivity index (χ3v) is 7.39. The molecule has 0 spiro atoms. The average molecular weight is 475 g/mol. The number of halogens is 1. The number of nitrogens with zero attached hydrogens (tertiary/aromatic N) is 1. The van der Waals surface area contributed by atoms with Crippen molar-refractivity contribution < 1.29 is 31.6 Å². The van der Waals surface area contributed by atoms with Gasteiger partial charge in [-0.15, -0.1) is 0 Å². The lowest BCUT2D eigenvalue weighted by atomic mass is 9.98. The zero-order valence-corrected chi connectivity index (χ0v) is 18.7. The number of para-hydroxylation sites is 1. The van der Waals surface area contributed by atoms with Gasteiger partial charge in [-0.2, -0.15) is 4.31 Å². The van der Waals surface area contributed by atoms with Crippen LogP contribution in [0.5, 0.6) is 0 Å². The zero-order chi connectivity index (χ0) is 23.6. The van der Waals surface area contributed by atoms with Crippen LogP contribution in [0.25, 0.3) is 11.0 Å². The summed E-state index contributed by atoms with van der Waals surface area (Å²) in [5.74, 6) is -2.41. The molecule has 33 heavy (non-hydrogen) atoms. The molecule has 1 aromatic heterocycles. The molecule has 1 fully saturated rings. The Bertz CT molecular complexity index is 1290. The molecule has 3 aromatic rings. The number of benzene rings is 2. The summed E-state index contributed by atoms with van der Waals surface area (Å²) in [5.41, 5.74) is 0.618. The molecular formula is C23H23FN2O6S.